The molecule has 100 valence electrons. The lowest BCUT2D eigenvalue weighted by Gasteiger charge is -2.08. The number of benzene rings is 1. The van der Waals surface area contributed by atoms with Gasteiger partial charge in [0.2, 0.25) is 0 Å². The second kappa shape index (κ2) is 5.10. The average Bonchev–Trinajstić information content (AvgIpc) is 2.27. The highest BCUT2D eigenvalue weighted by Gasteiger charge is 2.15. The first-order valence-electron chi connectivity index (χ1n) is 4.97. The van der Waals surface area contributed by atoms with Crippen LogP contribution in [0.15, 0.2) is 41.4 Å². The Hall–Kier alpha value is -1.73. The molecule has 1 N–H and O–H groups in total. The number of pyridine rings is 1. The molecular formula is C11H7ClF2N2O2S. The van der Waals surface area contributed by atoms with Crippen LogP contribution in [0.1, 0.15) is 0 Å². The Labute approximate surface area is 113 Å². The normalized spacial score (nSPS) is 11.3. The van der Waals surface area contributed by atoms with Gasteiger partial charge in [0.25, 0.3) is 10.0 Å². The number of hydrogen-bond acceptors (Lipinski definition) is 3. The predicted molar refractivity (Wildman–Crippen MR) is 66.4 cm³/mol. The van der Waals surface area contributed by atoms with Gasteiger partial charge in [0.15, 0.2) is 0 Å². The van der Waals surface area contributed by atoms with Gasteiger partial charge in [0.1, 0.15) is 21.7 Å². The number of anilines is 1. The summed E-state index contributed by atoms with van der Waals surface area (Å²) in [6.07, 6.45) is 1.04. The van der Waals surface area contributed by atoms with Crippen molar-refractivity contribution in [2.45, 2.75) is 4.90 Å². The maximum atomic E-state index is 13.0. The van der Waals surface area contributed by atoms with Crippen LogP contribution in [0.2, 0.25) is 5.15 Å². The second-order valence-electron chi connectivity index (χ2n) is 3.58. The zero-order valence-electron chi connectivity index (χ0n) is 9.27. The van der Waals surface area contributed by atoms with Crippen molar-refractivity contribution in [3.05, 3.63) is 53.3 Å². The third-order valence-corrected chi connectivity index (χ3v) is 3.72. The fraction of sp³-hybridized carbons (Fsp3) is 0. The van der Waals surface area contributed by atoms with Crippen LogP contribution in [-0.4, -0.2) is 13.4 Å². The van der Waals surface area contributed by atoms with E-state index < -0.39 is 21.7 Å². The summed E-state index contributed by atoms with van der Waals surface area (Å²) in [4.78, 5) is 3.46. The molecule has 4 nitrogen and oxygen atoms in total. The van der Waals surface area contributed by atoms with Crippen molar-refractivity contribution in [3.8, 4) is 0 Å². The highest BCUT2D eigenvalue weighted by Crippen LogP contribution is 2.18. The Bertz CT molecular complexity index is 685. The van der Waals surface area contributed by atoms with E-state index >= 15 is 0 Å². The topological polar surface area (TPSA) is 59.1 Å². The van der Waals surface area contributed by atoms with Crippen LogP contribution in [0.5, 0.6) is 0 Å². The first-order valence-corrected chi connectivity index (χ1v) is 6.83. The van der Waals surface area contributed by atoms with Crippen LogP contribution in [-0.2, 0) is 10.0 Å². The molecule has 0 saturated carbocycles. The first kappa shape index (κ1) is 13.7. The predicted octanol–water partition coefficient (Wildman–Crippen LogP) is 2.81. The van der Waals surface area contributed by atoms with Crippen molar-refractivity contribution in [2.75, 3.05) is 4.72 Å². The summed E-state index contributed by atoms with van der Waals surface area (Å²) in [7, 11) is -3.97. The maximum absolute atomic E-state index is 13.0. The van der Waals surface area contributed by atoms with E-state index in [9.17, 15) is 17.2 Å². The SMILES string of the molecule is O=S(=O)(Nc1cc(F)cc(F)c1)c1ccc(Cl)nc1. The highest BCUT2D eigenvalue weighted by atomic mass is 35.5. The maximum Gasteiger partial charge on any atom is 0.263 e. The quantitative estimate of drug-likeness (QED) is 0.887. The molecule has 1 aromatic carbocycles. The number of halogens is 3. The molecule has 0 spiro atoms. The number of aromatic nitrogens is 1. The Morgan fingerprint density at radius 2 is 1.74 bits per heavy atom. The third-order valence-electron chi connectivity index (χ3n) is 2.13. The van der Waals surface area contributed by atoms with Crippen LogP contribution in [0, 0.1) is 11.6 Å². The van der Waals surface area contributed by atoms with Crippen molar-refractivity contribution in [3.63, 3.8) is 0 Å². The third kappa shape index (κ3) is 3.39. The van der Waals surface area contributed by atoms with Gasteiger partial charge < -0.3 is 0 Å². The van der Waals surface area contributed by atoms with Crippen LogP contribution in [0.25, 0.3) is 0 Å². The zero-order valence-corrected chi connectivity index (χ0v) is 10.8. The molecule has 0 aliphatic carbocycles. The summed E-state index contributed by atoms with van der Waals surface area (Å²) in [6, 6.07) is 4.89. The number of nitrogens with one attached hydrogen (secondary N) is 1. The van der Waals surface area contributed by atoms with E-state index in [0.29, 0.717) is 6.07 Å². The van der Waals surface area contributed by atoms with Crippen molar-refractivity contribution in [1.29, 1.82) is 0 Å². The first-order chi connectivity index (χ1) is 8.87. The lowest BCUT2D eigenvalue weighted by Crippen LogP contribution is -2.13. The van der Waals surface area contributed by atoms with E-state index in [-0.39, 0.29) is 15.7 Å². The molecular weight excluding hydrogens is 298 g/mol. The fourth-order valence-electron chi connectivity index (χ4n) is 1.35. The van der Waals surface area contributed by atoms with Crippen molar-refractivity contribution in [2.24, 2.45) is 0 Å². The van der Waals surface area contributed by atoms with E-state index in [1.54, 1.807) is 0 Å². The molecule has 0 amide bonds. The smallest absolute Gasteiger partial charge is 0.263 e. The monoisotopic (exact) mass is 304 g/mol. The molecule has 2 rings (SSSR count). The van der Waals surface area contributed by atoms with Gasteiger partial charge in [-0.15, -0.1) is 0 Å². The molecule has 0 saturated heterocycles. The minimum absolute atomic E-state index is 0.135. The summed E-state index contributed by atoms with van der Waals surface area (Å²) < 4.78 is 51.7. The van der Waals surface area contributed by atoms with Gasteiger partial charge >= 0.3 is 0 Å². The molecule has 1 aromatic heterocycles. The number of hydrogen-bond donors (Lipinski definition) is 1. The van der Waals surface area contributed by atoms with Gasteiger partial charge in [-0.2, -0.15) is 0 Å². The molecule has 0 fully saturated rings. The minimum atomic E-state index is -3.97. The van der Waals surface area contributed by atoms with Crippen LogP contribution in [0.3, 0.4) is 0 Å². The molecule has 8 heteroatoms. The number of rotatable bonds is 3. The Balaban J connectivity index is 2.33. The van der Waals surface area contributed by atoms with Gasteiger partial charge in [-0.1, -0.05) is 11.6 Å². The van der Waals surface area contributed by atoms with Gasteiger partial charge in [-0.25, -0.2) is 22.2 Å². The lowest BCUT2D eigenvalue weighted by molar-refractivity contribution is 0.584. The molecule has 0 unspecified atom stereocenters. The second-order valence-corrected chi connectivity index (χ2v) is 5.65. The molecule has 2 aromatic rings. The summed E-state index contributed by atoms with van der Waals surface area (Å²) >= 11 is 5.54. The number of sulfonamides is 1. The molecule has 0 aliphatic heterocycles. The summed E-state index contributed by atoms with van der Waals surface area (Å²) in [5.74, 6) is -1.76. The molecule has 1 heterocycles. The van der Waals surface area contributed by atoms with E-state index in [4.69, 9.17) is 11.6 Å². The standard InChI is InChI=1S/C11H7ClF2N2O2S/c12-11-2-1-10(6-15-11)19(17,18)16-9-4-7(13)3-8(14)5-9/h1-6,16H. The van der Waals surface area contributed by atoms with Gasteiger partial charge in [-0.05, 0) is 24.3 Å². The largest absolute Gasteiger partial charge is 0.279 e. The Kier molecular flexibility index (Phi) is 3.68. The average molecular weight is 305 g/mol. The van der Waals surface area contributed by atoms with E-state index in [1.165, 1.54) is 12.1 Å². The molecule has 0 bridgehead atoms. The van der Waals surface area contributed by atoms with E-state index in [1.807, 2.05) is 4.72 Å². The van der Waals surface area contributed by atoms with E-state index in [2.05, 4.69) is 4.98 Å². The van der Waals surface area contributed by atoms with Gasteiger partial charge in [0.05, 0.1) is 5.69 Å². The number of nitrogens with zero attached hydrogens (tertiary/aromatic N) is 1. The summed E-state index contributed by atoms with van der Waals surface area (Å²) in [5, 5.41) is 0.135. The van der Waals surface area contributed by atoms with Gasteiger partial charge in [0, 0.05) is 12.3 Å². The minimum Gasteiger partial charge on any atom is -0.279 e. The molecule has 19 heavy (non-hydrogen) atoms. The van der Waals surface area contributed by atoms with Gasteiger partial charge in [-0.3, -0.25) is 4.72 Å². The van der Waals surface area contributed by atoms with E-state index in [0.717, 1.165) is 18.3 Å². The lowest BCUT2D eigenvalue weighted by atomic mass is 10.3. The van der Waals surface area contributed by atoms with Crippen LogP contribution >= 0.6 is 11.6 Å². The van der Waals surface area contributed by atoms with Crippen LogP contribution in [0.4, 0.5) is 14.5 Å². The Morgan fingerprint density at radius 3 is 2.26 bits per heavy atom. The van der Waals surface area contributed by atoms with Crippen molar-refractivity contribution < 1.29 is 17.2 Å². The zero-order chi connectivity index (χ0) is 14.0. The summed E-state index contributed by atoms with van der Waals surface area (Å²) in [5.41, 5.74) is -0.215. The Morgan fingerprint density at radius 1 is 1.11 bits per heavy atom. The van der Waals surface area contributed by atoms with Crippen LogP contribution < -0.4 is 4.72 Å². The molecule has 0 aliphatic rings. The van der Waals surface area contributed by atoms with Crippen molar-refractivity contribution >= 4 is 27.3 Å². The molecule has 0 radical (unpaired) electrons. The van der Waals surface area contributed by atoms with Crippen molar-refractivity contribution in [1.82, 2.24) is 4.98 Å². The highest BCUT2D eigenvalue weighted by molar-refractivity contribution is 7.92. The fourth-order valence-corrected chi connectivity index (χ4v) is 2.44. The molecule has 0 atom stereocenters. The summed E-state index contributed by atoms with van der Waals surface area (Å²) in [6.45, 7) is 0.